The molecule has 1 atom stereocenters. The molecule has 1 aromatic carbocycles. The summed E-state index contributed by atoms with van der Waals surface area (Å²) in [5, 5.41) is 9.78. The van der Waals surface area contributed by atoms with Crippen molar-refractivity contribution in [2.24, 2.45) is 0 Å². The maximum atomic E-state index is 12.2. The number of anilines is 1. The number of hydrogen-bond acceptors (Lipinski definition) is 6. The number of aromatic nitrogens is 2. The van der Waals surface area contributed by atoms with E-state index in [4.69, 9.17) is 0 Å². The van der Waals surface area contributed by atoms with Crippen molar-refractivity contribution in [3.63, 3.8) is 0 Å². The molecule has 118 valence electrons. The average molecular weight is 340 g/mol. The van der Waals surface area contributed by atoms with Gasteiger partial charge in [-0.05, 0) is 11.5 Å². The Hall–Kier alpha value is -1.84. The number of carbonyl (C=O) groups excluding carboxylic acids is 1. The predicted molar refractivity (Wildman–Crippen MR) is 84.3 cm³/mol. The molecule has 2 rings (SSSR count). The SMILES string of the molecule is CC(=O)Nc1nnc(S(=O)(=O)NCC(C)c2ccccc2)s1. The molecule has 0 bridgehead atoms. The van der Waals surface area contributed by atoms with Crippen molar-refractivity contribution in [2.45, 2.75) is 24.1 Å². The van der Waals surface area contributed by atoms with Gasteiger partial charge in [-0.25, -0.2) is 13.1 Å². The first-order valence-electron chi connectivity index (χ1n) is 6.54. The lowest BCUT2D eigenvalue weighted by molar-refractivity contribution is -0.114. The number of nitrogens with one attached hydrogen (secondary N) is 2. The first-order valence-corrected chi connectivity index (χ1v) is 8.84. The van der Waals surface area contributed by atoms with Crippen LogP contribution in [0.15, 0.2) is 34.7 Å². The van der Waals surface area contributed by atoms with Crippen LogP contribution in [0.4, 0.5) is 5.13 Å². The highest BCUT2D eigenvalue weighted by Crippen LogP contribution is 2.20. The lowest BCUT2D eigenvalue weighted by Crippen LogP contribution is -2.27. The Morgan fingerprint density at radius 3 is 2.59 bits per heavy atom. The van der Waals surface area contributed by atoms with Gasteiger partial charge in [-0.3, -0.25) is 4.79 Å². The lowest BCUT2D eigenvalue weighted by Gasteiger charge is -2.12. The van der Waals surface area contributed by atoms with E-state index in [0.717, 1.165) is 16.9 Å². The van der Waals surface area contributed by atoms with Gasteiger partial charge in [-0.15, -0.1) is 10.2 Å². The zero-order valence-electron chi connectivity index (χ0n) is 12.1. The van der Waals surface area contributed by atoms with Crippen LogP contribution in [0.5, 0.6) is 0 Å². The monoisotopic (exact) mass is 340 g/mol. The molecule has 1 aromatic heterocycles. The van der Waals surface area contributed by atoms with E-state index in [9.17, 15) is 13.2 Å². The van der Waals surface area contributed by atoms with Gasteiger partial charge in [-0.2, -0.15) is 0 Å². The van der Waals surface area contributed by atoms with Crippen molar-refractivity contribution in [2.75, 3.05) is 11.9 Å². The van der Waals surface area contributed by atoms with Gasteiger partial charge in [0.05, 0.1) is 0 Å². The van der Waals surface area contributed by atoms with Gasteiger partial charge >= 0.3 is 0 Å². The quantitative estimate of drug-likeness (QED) is 0.778. The van der Waals surface area contributed by atoms with Gasteiger partial charge in [0.15, 0.2) is 0 Å². The highest BCUT2D eigenvalue weighted by molar-refractivity contribution is 7.91. The molecule has 1 unspecified atom stereocenters. The molecule has 0 radical (unpaired) electrons. The Bertz CT molecular complexity index is 744. The summed E-state index contributed by atoms with van der Waals surface area (Å²) < 4.78 is 26.6. The van der Waals surface area contributed by atoms with Gasteiger partial charge in [-0.1, -0.05) is 48.6 Å². The second kappa shape index (κ2) is 6.95. The van der Waals surface area contributed by atoms with Crippen LogP contribution in [0.25, 0.3) is 0 Å². The molecule has 0 spiro atoms. The summed E-state index contributed by atoms with van der Waals surface area (Å²) in [6.45, 7) is 3.50. The maximum Gasteiger partial charge on any atom is 0.269 e. The van der Waals surface area contributed by atoms with Crippen LogP contribution < -0.4 is 10.0 Å². The Morgan fingerprint density at radius 2 is 1.95 bits per heavy atom. The van der Waals surface area contributed by atoms with E-state index in [1.54, 1.807) is 0 Å². The Kier molecular flexibility index (Phi) is 5.22. The molecule has 0 fully saturated rings. The van der Waals surface area contributed by atoms with Gasteiger partial charge in [0, 0.05) is 13.5 Å². The van der Waals surface area contributed by atoms with Crippen LogP contribution in [0, 0.1) is 0 Å². The summed E-state index contributed by atoms with van der Waals surface area (Å²) in [5.41, 5.74) is 1.04. The standard InChI is InChI=1S/C13H16N4O3S2/c1-9(11-6-4-3-5-7-11)8-14-22(19,20)13-17-16-12(21-13)15-10(2)18/h3-7,9,14H,8H2,1-2H3,(H,15,16,18). The summed E-state index contributed by atoms with van der Waals surface area (Å²) in [7, 11) is -3.73. The third-order valence-electron chi connectivity index (χ3n) is 2.87. The topological polar surface area (TPSA) is 101 Å². The van der Waals surface area contributed by atoms with Crippen LogP contribution in [0.3, 0.4) is 0 Å². The largest absolute Gasteiger partial charge is 0.301 e. The number of rotatable bonds is 6. The van der Waals surface area contributed by atoms with E-state index < -0.39 is 10.0 Å². The number of sulfonamides is 1. The zero-order valence-corrected chi connectivity index (χ0v) is 13.7. The number of nitrogens with zero attached hydrogens (tertiary/aromatic N) is 2. The third kappa shape index (κ3) is 4.33. The van der Waals surface area contributed by atoms with Crippen molar-refractivity contribution in [1.29, 1.82) is 0 Å². The normalized spacial score (nSPS) is 12.8. The highest BCUT2D eigenvalue weighted by atomic mass is 32.2. The molecule has 0 aliphatic heterocycles. The molecular formula is C13H16N4O3S2. The van der Waals surface area contributed by atoms with E-state index in [0.29, 0.717) is 0 Å². The number of hydrogen-bond donors (Lipinski definition) is 2. The molecule has 1 amide bonds. The van der Waals surface area contributed by atoms with Crippen LogP contribution in [0.2, 0.25) is 0 Å². The van der Waals surface area contributed by atoms with Gasteiger partial charge in [0.25, 0.3) is 10.0 Å². The lowest BCUT2D eigenvalue weighted by atomic mass is 10.0. The average Bonchev–Trinajstić information content (AvgIpc) is 2.94. The second-order valence-electron chi connectivity index (χ2n) is 4.72. The third-order valence-corrected chi connectivity index (χ3v) is 5.50. The van der Waals surface area contributed by atoms with Crippen LogP contribution in [0.1, 0.15) is 25.3 Å². The summed E-state index contributed by atoms with van der Waals surface area (Å²) in [4.78, 5) is 10.9. The highest BCUT2D eigenvalue weighted by Gasteiger charge is 2.21. The maximum absolute atomic E-state index is 12.2. The van der Waals surface area contributed by atoms with Crippen LogP contribution >= 0.6 is 11.3 Å². The van der Waals surface area contributed by atoms with E-state index >= 15 is 0 Å². The van der Waals surface area contributed by atoms with E-state index in [1.807, 2.05) is 37.3 Å². The summed E-state index contributed by atoms with van der Waals surface area (Å²) in [5.74, 6) is -0.301. The minimum atomic E-state index is -3.73. The van der Waals surface area contributed by atoms with Crippen LogP contribution in [-0.2, 0) is 14.8 Å². The molecule has 9 heteroatoms. The molecule has 0 saturated carbocycles. The fourth-order valence-electron chi connectivity index (χ4n) is 1.72. The van der Waals surface area contributed by atoms with Gasteiger partial charge in [0.2, 0.25) is 15.4 Å². The van der Waals surface area contributed by atoms with E-state index in [1.165, 1.54) is 6.92 Å². The van der Waals surface area contributed by atoms with Crippen molar-refractivity contribution < 1.29 is 13.2 Å². The number of amides is 1. The molecule has 7 nitrogen and oxygen atoms in total. The molecule has 0 saturated heterocycles. The predicted octanol–water partition coefficient (Wildman–Crippen LogP) is 1.58. The number of benzene rings is 1. The minimum Gasteiger partial charge on any atom is -0.301 e. The van der Waals surface area contributed by atoms with E-state index in [-0.39, 0.29) is 27.8 Å². The van der Waals surface area contributed by atoms with Gasteiger partial charge in [0.1, 0.15) is 0 Å². The van der Waals surface area contributed by atoms with Crippen molar-refractivity contribution in [3.05, 3.63) is 35.9 Å². The zero-order chi connectivity index (χ0) is 16.2. The molecule has 22 heavy (non-hydrogen) atoms. The van der Waals surface area contributed by atoms with E-state index in [2.05, 4.69) is 20.2 Å². The van der Waals surface area contributed by atoms with Gasteiger partial charge < -0.3 is 5.32 Å². The minimum absolute atomic E-state index is 0.0266. The molecule has 1 heterocycles. The first-order chi connectivity index (χ1) is 10.4. The smallest absolute Gasteiger partial charge is 0.269 e. The summed E-state index contributed by atoms with van der Waals surface area (Å²) >= 11 is 0.811. The van der Waals surface area contributed by atoms with Crippen molar-refractivity contribution in [1.82, 2.24) is 14.9 Å². The summed E-state index contributed by atoms with van der Waals surface area (Å²) in [6, 6.07) is 9.61. The molecular weight excluding hydrogens is 324 g/mol. The second-order valence-corrected chi connectivity index (χ2v) is 7.64. The molecule has 2 N–H and O–H groups in total. The summed E-state index contributed by atoms with van der Waals surface area (Å²) in [6.07, 6.45) is 0. The first kappa shape index (κ1) is 16.5. The Balaban J connectivity index is 2.02. The Labute approximate surface area is 132 Å². The Morgan fingerprint density at radius 1 is 1.27 bits per heavy atom. The van der Waals surface area contributed by atoms with Crippen LogP contribution in [-0.4, -0.2) is 31.1 Å². The van der Waals surface area contributed by atoms with Crippen molar-refractivity contribution >= 4 is 32.4 Å². The molecule has 0 aliphatic rings. The molecule has 2 aromatic rings. The molecule has 0 aliphatic carbocycles. The fourth-order valence-corrected chi connectivity index (χ4v) is 3.83. The number of carbonyl (C=O) groups is 1. The van der Waals surface area contributed by atoms with Crippen molar-refractivity contribution in [3.8, 4) is 0 Å². The fraction of sp³-hybridized carbons (Fsp3) is 0.308.